The predicted molar refractivity (Wildman–Crippen MR) is 144 cm³/mol. The van der Waals surface area contributed by atoms with E-state index in [2.05, 4.69) is 37.4 Å². The molecule has 3 aromatic carbocycles. The number of fused-ring (bicyclic) bond motifs is 1. The molecule has 0 aliphatic heterocycles. The van der Waals surface area contributed by atoms with Crippen LogP contribution in [0, 0.1) is 13.8 Å². The van der Waals surface area contributed by atoms with Gasteiger partial charge in [-0.05, 0) is 61.2 Å². The molecule has 0 atom stereocenters. The molecule has 0 aliphatic carbocycles. The van der Waals surface area contributed by atoms with Gasteiger partial charge in [0.15, 0.2) is 5.16 Å². The van der Waals surface area contributed by atoms with Crippen LogP contribution in [-0.2, 0) is 23.6 Å². The maximum Gasteiger partial charge on any atom is 0.262 e. The van der Waals surface area contributed by atoms with Gasteiger partial charge in [0.2, 0.25) is 5.91 Å². The fourth-order valence-electron chi connectivity index (χ4n) is 3.94. The van der Waals surface area contributed by atoms with Crippen LogP contribution in [0.5, 0.6) is 0 Å². The third kappa shape index (κ3) is 6.53. The summed E-state index contributed by atoms with van der Waals surface area (Å²) >= 11 is 7.57. The van der Waals surface area contributed by atoms with Gasteiger partial charge in [-0.2, -0.15) is 0 Å². The van der Waals surface area contributed by atoms with Crippen LogP contribution >= 0.6 is 23.4 Å². The second kappa shape index (κ2) is 11.6. The summed E-state index contributed by atoms with van der Waals surface area (Å²) in [5.74, 6) is 0.660. The van der Waals surface area contributed by atoms with Gasteiger partial charge in [0.25, 0.3) is 5.56 Å². The van der Waals surface area contributed by atoms with Crippen molar-refractivity contribution in [3.63, 3.8) is 0 Å². The molecule has 7 heteroatoms. The molecule has 0 saturated carbocycles. The molecular weight excluding hydrogens is 478 g/mol. The highest BCUT2D eigenvalue weighted by atomic mass is 35.5. The summed E-state index contributed by atoms with van der Waals surface area (Å²) < 4.78 is 1.71. The third-order valence-corrected chi connectivity index (χ3v) is 7.11. The van der Waals surface area contributed by atoms with Gasteiger partial charge in [0.1, 0.15) is 0 Å². The first kappa shape index (κ1) is 25.0. The average Bonchev–Trinajstić information content (AvgIpc) is 2.84. The number of rotatable bonds is 9. The summed E-state index contributed by atoms with van der Waals surface area (Å²) in [5.41, 5.74) is 5.24. The highest BCUT2D eigenvalue weighted by molar-refractivity contribution is 7.98. The van der Waals surface area contributed by atoms with Crippen LogP contribution in [0.25, 0.3) is 10.9 Å². The molecule has 5 nitrogen and oxygen atoms in total. The van der Waals surface area contributed by atoms with Crippen molar-refractivity contribution in [2.45, 2.75) is 50.7 Å². The van der Waals surface area contributed by atoms with Crippen LogP contribution in [-0.4, -0.2) is 15.5 Å². The number of carbonyl (C=O) groups excluding carboxylic acids is 1. The van der Waals surface area contributed by atoms with Gasteiger partial charge in [0.05, 0.1) is 10.9 Å². The molecule has 0 fully saturated rings. The second-order valence-corrected chi connectivity index (χ2v) is 9.98. The first-order valence-corrected chi connectivity index (χ1v) is 13.0. The van der Waals surface area contributed by atoms with Crippen LogP contribution in [0.15, 0.2) is 76.7 Å². The van der Waals surface area contributed by atoms with E-state index in [1.807, 2.05) is 36.4 Å². The Kier molecular flexibility index (Phi) is 8.26. The molecule has 1 aromatic heterocycles. The Morgan fingerprint density at radius 2 is 1.89 bits per heavy atom. The highest BCUT2D eigenvalue weighted by Crippen LogP contribution is 2.24. The number of halogens is 1. The van der Waals surface area contributed by atoms with Gasteiger partial charge in [-0.15, -0.1) is 0 Å². The van der Waals surface area contributed by atoms with E-state index in [-0.39, 0.29) is 11.5 Å². The fraction of sp³-hybridized carbons (Fsp3) is 0.250. The van der Waals surface area contributed by atoms with Crippen molar-refractivity contribution >= 4 is 40.2 Å². The number of para-hydroxylation sites is 1. The molecule has 1 N–H and O–H groups in total. The van der Waals surface area contributed by atoms with E-state index >= 15 is 0 Å². The lowest BCUT2D eigenvalue weighted by Crippen LogP contribution is -2.26. The number of benzene rings is 3. The van der Waals surface area contributed by atoms with Gasteiger partial charge in [-0.25, -0.2) is 4.98 Å². The van der Waals surface area contributed by atoms with Crippen LogP contribution in [0.3, 0.4) is 0 Å². The van der Waals surface area contributed by atoms with E-state index in [0.717, 1.165) is 11.3 Å². The lowest BCUT2D eigenvalue weighted by molar-refractivity contribution is -0.121. The van der Waals surface area contributed by atoms with Gasteiger partial charge in [-0.3, -0.25) is 14.2 Å². The maximum atomic E-state index is 13.3. The number of hydrogen-bond donors (Lipinski definition) is 1. The Hall–Kier alpha value is -3.09. The average molecular weight is 506 g/mol. The van der Waals surface area contributed by atoms with Gasteiger partial charge in [-0.1, -0.05) is 71.4 Å². The van der Waals surface area contributed by atoms with Crippen molar-refractivity contribution in [1.29, 1.82) is 0 Å². The molecule has 0 saturated heterocycles. The van der Waals surface area contributed by atoms with Crippen molar-refractivity contribution in [2.75, 3.05) is 0 Å². The van der Waals surface area contributed by atoms with Gasteiger partial charge < -0.3 is 5.32 Å². The number of nitrogens with one attached hydrogen (secondary N) is 1. The van der Waals surface area contributed by atoms with Gasteiger partial charge in [0, 0.05) is 30.3 Å². The van der Waals surface area contributed by atoms with Crippen molar-refractivity contribution in [3.8, 4) is 0 Å². The minimum absolute atomic E-state index is 0.0590. The number of hydrogen-bond acceptors (Lipinski definition) is 4. The summed E-state index contributed by atoms with van der Waals surface area (Å²) in [6.45, 7) is 5.04. The predicted octanol–water partition coefficient (Wildman–Crippen LogP) is 6.06. The molecule has 35 heavy (non-hydrogen) atoms. The zero-order chi connectivity index (χ0) is 24.8. The molecule has 1 amide bonds. The lowest BCUT2D eigenvalue weighted by Gasteiger charge is -2.14. The molecule has 0 aliphatic rings. The molecule has 0 bridgehead atoms. The monoisotopic (exact) mass is 505 g/mol. The Morgan fingerprint density at radius 3 is 2.69 bits per heavy atom. The van der Waals surface area contributed by atoms with Crippen molar-refractivity contribution in [1.82, 2.24) is 14.9 Å². The normalized spacial score (nSPS) is 11.1. The number of aryl methyl sites for hydroxylation is 2. The smallest absolute Gasteiger partial charge is 0.262 e. The zero-order valence-electron chi connectivity index (χ0n) is 19.9. The Bertz CT molecular complexity index is 1420. The fourth-order valence-corrected chi connectivity index (χ4v) is 5.25. The quantitative estimate of drug-likeness (QED) is 0.222. The lowest BCUT2D eigenvalue weighted by atomic mass is 10.1. The minimum atomic E-state index is -0.0712. The standard InChI is InChI=1S/C28H28ClN3O2S/c1-19-12-13-22(20(2)15-19)18-35-28-31-25-10-4-3-9-24(25)27(34)32(28)14-6-11-26(33)30-17-21-7-5-8-23(29)16-21/h3-5,7-10,12-13,15-16H,6,11,14,17-18H2,1-2H3,(H,30,33). The van der Waals surface area contributed by atoms with Crippen molar-refractivity contribution in [3.05, 3.63) is 104 Å². The van der Waals surface area contributed by atoms with Crippen LogP contribution in [0.4, 0.5) is 0 Å². The summed E-state index contributed by atoms with van der Waals surface area (Å²) in [6, 6.07) is 21.2. The number of thioether (sulfide) groups is 1. The van der Waals surface area contributed by atoms with E-state index in [1.54, 1.807) is 28.5 Å². The zero-order valence-corrected chi connectivity index (χ0v) is 21.5. The molecule has 4 rings (SSSR count). The highest BCUT2D eigenvalue weighted by Gasteiger charge is 2.13. The molecule has 0 unspecified atom stereocenters. The van der Waals surface area contributed by atoms with Gasteiger partial charge >= 0.3 is 0 Å². The minimum Gasteiger partial charge on any atom is -0.352 e. The first-order chi connectivity index (χ1) is 16.9. The maximum absolute atomic E-state index is 13.3. The van der Waals surface area contributed by atoms with E-state index in [9.17, 15) is 9.59 Å². The summed E-state index contributed by atoms with van der Waals surface area (Å²) in [5, 5.41) is 4.83. The van der Waals surface area contributed by atoms with E-state index in [4.69, 9.17) is 16.6 Å². The Labute approximate surface area is 214 Å². The first-order valence-electron chi connectivity index (χ1n) is 11.6. The van der Waals surface area contributed by atoms with Crippen molar-refractivity contribution in [2.24, 2.45) is 0 Å². The summed E-state index contributed by atoms with van der Waals surface area (Å²) in [7, 11) is 0. The van der Waals surface area contributed by atoms with E-state index in [0.29, 0.717) is 47.0 Å². The molecule has 4 aromatic rings. The molecule has 180 valence electrons. The third-order valence-electron chi connectivity index (χ3n) is 5.85. The number of aromatic nitrogens is 2. The largest absolute Gasteiger partial charge is 0.352 e. The Balaban J connectivity index is 1.45. The molecule has 0 radical (unpaired) electrons. The molecule has 1 heterocycles. The van der Waals surface area contributed by atoms with Crippen LogP contribution in [0.1, 0.15) is 35.1 Å². The molecular formula is C28H28ClN3O2S. The van der Waals surface area contributed by atoms with E-state index in [1.165, 1.54) is 16.7 Å². The van der Waals surface area contributed by atoms with Crippen LogP contribution in [0.2, 0.25) is 5.02 Å². The summed E-state index contributed by atoms with van der Waals surface area (Å²) in [4.78, 5) is 30.5. The number of amides is 1. The Morgan fingerprint density at radius 1 is 1.06 bits per heavy atom. The topological polar surface area (TPSA) is 64.0 Å². The summed E-state index contributed by atoms with van der Waals surface area (Å²) in [6.07, 6.45) is 0.861. The molecule has 0 spiro atoms. The number of carbonyl (C=O) groups is 1. The second-order valence-electron chi connectivity index (χ2n) is 8.60. The van der Waals surface area contributed by atoms with Crippen molar-refractivity contribution < 1.29 is 4.79 Å². The SMILES string of the molecule is Cc1ccc(CSc2nc3ccccc3c(=O)n2CCCC(=O)NCc2cccc(Cl)c2)c(C)c1. The van der Waals surface area contributed by atoms with Crippen LogP contribution < -0.4 is 10.9 Å². The number of nitrogens with zero attached hydrogens (tertiary/aromatic N) is 2. The van der Waals surface area contributed by atoms with E-state index < -0.39 is 0 Å².